The Bertz CT molecular complexity index is 461. The van der Waals surface area contributed by atoms with Crippen LogP contribution in [0.15, 0.2) is 11.4 Å². The summed E-state index contributed by atoms with van der Waals surface area (Å²) >= 11 is 1.74. The van der Waals surface area contributed by atoms with Gasteiger partial charge in [0.05, 0.1) is 12.1 Å². The van der Waals surface area contributed by atoms with Crippen LogP contribution in [0.5, 0.6) is 0 Å². The lowest BCUT2D eigenvalue weighted by Gasteiger charge is -2.24. The van der Waals surface area contributed by atoms with Crippen molar-refractivity contribution in [1.29, 1.82) is 0 Å². The molecule has 1 aliphatic rings. The highest BCUT2D eigenvalue weighted by Crippen LogP contribution is 2.23. The van der Waals surface area contributed by atoms with E-state index in [9.17, 15) is 4.79 Å². The number of nitrogens with one attached hydrogen (secondary N) is 1. The Balaban J connectivity index is 1.93. The van der Waals surface area contributed by atoms with Gasteiger partial charge in [-0.3, -0.25) is 0 Å². The molecule has 1 N–H and O–H groups in total. The molecule has 5 heteroatoms. The van der Waals surface area contributed by atoms with Crippen LogP contribution in [0, 0.1) is 6.92 Å². The van der Waals surface area contributed by atoms with Gasteiger partial charge in [0.15, 0.2) is 0 Å². The van der Waals surface area contributed by atoms with Crippen molar-refractivity contribution in [2.24, 2.45) is 0 Å². The fourth-order valence-corrected chi connectivity index (χ4v) is 3.57. The number of nitrogens with zero attached hydrogens (tertiary/aromatic N) is 1. The topological polar surface area (TPSA) is 41.6 Å². The monoisotopic (exact) mass is 310 g/mol. The third-order valence-corrected chi connectivity index (χ3v) is 5.03. The molecule has 0 radical (unpaired) electrons. The fourth-order valence-electron chi connectivity index (χ4n) is 2.81. The Morgan fingerprint density at radius 2 is 2.33 bits per heavy atom. The van der Waals surface area contributed by atoms with E-state index in [1.807, 2.05) is 4.90 Å². The Hall–Kier alpha value is -1.07. The van der Waals surface area contributed by atoms with Gasteiger partial charge in [-0.25, -0.2) is 4.79 Å². The SMILES string of the molecule is CCC(NC(=O)N1CCCC(OC)CC1)c1csc(C)c1. The molecule has 118 valence electrons. The van der Waals surface area contributed by atoms with Crippen LogP contribution >= 0.6 is 11.3 Å². The maximum absolute atomic E-state index is 12.5. The number of rotatable bonds is 4. The molecule has 0 aromatic carbocycles. The first-order valence-corrected chi connectivity index (χ1v) is 8.65. The summed E-state index contributed by atoms with van der Waals surface area (Å²) in [5.41, 5.74) is 1.22. The fraction of sp³-hybridized carbons (Fsp3) is 0.688. The molecular weight excluding hydrogens is 284 g/mol. The third kappa shape index (κ3) is 4.45. The molecule has 21 heavy (non-hydrogen) atoms. The summed E-state index contributed by atoms with van der Waals surface area (Å²) in [5.74, 6) is 0. The molecule has 1 fully saturated rings. The molecule has 1 aliphatic heterocycles. The van der Waals surface area contributed by atoms with Crippen LogP contribution in [0.3, 0.4) is 0 Å². The molecule has 2 rings (SSSR count). The Kier molecular flexibility index (Phi) is 6.06. The number of likely N-dealkylation sites (tertiary alicyclic amines) is 1. The number of hydrogen-bond acceptors (Lipinski definition) is 3. The first kappa shape index (κ1) is 16.3. The van der Waals surface area contributed by atoms with Crippen LogP contribution in [-0.4, -0.2) is 37.2 Å². The number of hydrogen-bond donors (Lipinski definition) is 1. The molecule has 2 heterocycles. The summed E-state index contributed by atoms with van der Waals surface area (Å²) < 4.78 is 5.42. The molecule has 2 atom stereocenters. The Morgan fingerprint density at radius 1 is 1.52 bits per heavy atom. The summed E-state index contributed by atoms with van der Waals surface area (Å²) in [7, 11) is 1.76. The predicted molar refractivity (Wildman–Crippen MR) is 86.8 cm³/mol. The van der Waals surface area contributed by atoms with Gasteiger partial charge in [-0.2, -0.15) is 0 Å². The number of methoxy groups -OCH3 is 1. The van der Waals surface area contributed by atoms with Crippen molar-refractivity contribution in [3.05, 3.63) is 21.9 Å². The number of ether oxygens (including phenoxy) is 1. The minimum atomic E-state index is 0.0578. The van der Waals surface area contributed by atoms with Crippen molar-refractivity contribution < 1.29 is 9.53 Å². The number of carbonyl (C=O) groups excluding carboxylic acids is 1. The normalized spacial score (nSPS) is 20.9. The molecule has 1 aromatic rings. The Labute approximate surface area is 131 Å². The van der Waals surface area contributed by atoms with Crippen molar-refractivity contribution in [2.75, 3.05) is 20.2 Å². The van der Waals surface area contributed by atoms with Gasteiger partial charge in [-0.1, -0.05) is 6.92 Å². The van der Waals surface area contributed by atoms with E-state index < -0.39 is 0 Å². The average Bonchev–Trinajstić information content (AvgIpc) is 2.77. The van der Waals surface area contributed by atoms with E-state index in [0.717, 1.165) is 38.8 Å². The second-order valence-corrected chi connectivity index (χ2v) is 6.79. The minimum absolute atomic E-state index is 0.0578. The van der Waals surface area contributed by atoms with E-state index in [1.54, 1.807) is 18.4 Å². The first-order valence-electron chi connectivity index (χ1n) is 7.77. The predicted octanol–water partition coefficient (Wildman–Crippen LogP) is 3.72. The summed E-state index contributed by atoms with van der Waals surface area (Å²) in [6.45, 7) is 5.82. The number of thiophene rings is 1. The van der Waals surface area contributed by atoms with Crippen LogP contribution in [0.25, 0.3) is 0 Å². The molecule has 0 saturated carbocycles. The maximum Gasteiger partial charge on any atom is 0.317 e. The summed E-state index contributed by atoms with van der Waals surface area (Å²) in [5, 5.41) is 5.33. The number of urea groups is 1. The summed E-state index contributed by atoms with van der Waals surface area (Å²) in [4.78, 5) is 15.7. The average molecular weight is 310 g/mol. The lowest BCUT2D eigenvalue weighted by atomic mass is 10.1. The molecule has 1 aromatic heterocycles. The number of amides is 2. The molecule has 0 bridgehead atoms. The zero-order valence-corrected chi connectivity index (χ0v) is 14.0. The summed E-state index contributed by atoms with van der Waals surface area (Å²) in [6, 6.07) is 2.34. The van der Waals surface area contributed by atoms with Crippen molar-refractivity contribution in [2.45, 2.75) is 51.7 Å². The highest BCUT2D eigenvalue weighted by molar-refractivity contribution is 7.10. The van der Waals surface area contributed by atoms with Gasteiger partial charge in [0.25, 0.3) is 0 Å². The third-order valence-electron chi connectivity index (χ3n) is 4.15. The van der Waals surface area contributed by atoms with Crippen molar-refractivity contribution >= 4 is 17.4 Å². The standard InChI is InChI=1S/C16H26N2O2S/c1-4-15(13-10-12(2)21-11-13)17-16(19)18-8-5-6-14(20-3)7-9-18/h10-11,14-15H,4-9H2,1-3H3,(H,17,19). The van der Waals surface area contributed by atoms with Gasteiger partial charge in [0, 0.05) is 25.1 Å². The van der Waals surface area contributed by atoms with Crippen LogP contribution < -0.4 is 5.32 Å². The lowest BCUT2D eigenvalue weighted by Crippen LogP contribution is -2.42. The smallest absolute Gasteiger partial charge is 0.317 e. The van der Waals surface area contributed by atoms with Crippen molar-refractivity contribution in [1.82, 2.24) is 10.2 Å². The second-order valence-electron chi connectivity index (χ2n) is 5.68. The second kappa shape index (κ2) is 7.80. The number of carbonyl (C=O) groups is 1. The minimum Gasteiger partial charge on any atom is -0.381 e. The van der Waals surface area contributed by atoms with Gasteiger partial charge in [-0.05, 0) is 49.6 Å². The zero-order chi connectivity index (χ0) is 15.2. The van der Waals surface area contributed by atoms with E-state index in [-0.39, 0.29) is 12.1 Å². The van der Waals surface area contributed by atoms with Gasteiger partial charge in [0.2, 0.25) is 0 Å². The van der Waals surface area contributed by atoms with Crippen molar-refractivity contribution in [3.8, 4) is 0 Å². The number of aryl methyl sites for hydroxylation is 1. The van der Waals surface area contributed by atoms with E-state index >= 15 is 0 Å². The van der Waals surface area contributed by atoms with Gasteiger partial charge < -0.3 is 15.0 Å². The van der Waals surface area contributed by atoms with Crippen LogP contribution in [0.2, 0.25) is 0 Å². The highest BCUT2D eigenvalue weighted by atomic mass is 32.1. The van der Waals surface area contributed by atoms with Crippen LogP contribution in [0.4, 0.5) is 4.79 Å². The molecule has 2 amide bonds. The quantitative estimate of drug-likeness (QED) is 0.921. The van der Waals surface area contributed by atoms with Gasteiger partial charge in [0.1, 0.15) is 0 Å². The van der Waals surface area contributed by atoms with Gasteiger partial charge in [-0.15, -0.1) is 11.3 Å². The molecular formula is C16H26N2O2S. The maximum atomic E-state index is 12.5. The molecule has 0 aliphatic carbocycles. The summed E-state index contributed by atoms with van der Waals surface area (Å²) in [6.07, 6.45) is 4.19. The van der Waals surface area contributed by atoms with E-state index in [1.165, 1.54) is 10.4 Å². The van der Waals surface area contributed by atoms with E-state index in [0.29, 0.717) is 6.10 Å². The van der Waals surface area contributed by atoms with Crippen LogP contribution in [0.1, 0.15) is 49.1 Å². The van der Waals surface area contributed by atoms with E-state index in [2.05, 4.69) is 30.6 Å². The highest BCUT2D eigenvalue weighted by Gasteiger charge is 2.22. The molecule has 0 spiro atoms. The largest absolute Gasteiger partial charge is 0.381 e. The molecule has 4 nitrogen and oxygen atoms in total. The zero-order valence-electron chi connectivity index (χ0n) is 13.2. The molecule has 2 unspecified atom stereocenters. The first-order chi connectivity index (χ1) is 10.1. The lowest BCUT2D eigenvalue weighted by molar-refractivity contribution is 0.0905. The van der Waals surface area contributed by atoms with Crippen LogP contribution in [-0.2, 0) is 4.74 Å². The molecule has 1 saturated heterocycles. The van der Waals surface area contributed by atoms with Gasteiger partial charge >= 0.3 is 6.03 Å². The van der Waals surface area contributed by atoms with E-state index in [4.69, 9.17) is 4.74 Å². The van der Waals surface area contributed by atoms with Crippen molar-refractivity contribution in [3.63, 3.8) is 0 Å². The Morgan fingerprint density at radius 3 is 2.95 bits per heavy atom.